The van der Waals surface area contributed by atoms with Crippen LogP contribution in [0, 0.1) is 0 Å². The van der Waals surface area contributed by atoms with Gasteiger partial charge in [0.2, 0.25) is 5.91 Å². The van der Waals surface area contributed by atoms with Gasteiger partial charge in [0.1, 0.15) is 5.75 Å². The van der Waals surface area contributed by atoms with Crippen molar-refractivity contribution in [1.29, 1.82) is 0 Å². The van der Waals surface area contributed by atoms with Crippen LogP contribution in [0.3, 0.4) is 0 Å². The third-order valence-corrected chi connectivity index (χ3v) is 5.29. The van der Waals surface area contributed by atoms with E-state index >= 15 is 0 Å². The Hall–Kier alpha value is -1.89. The van der Waals surface area contributed by atoms with Crippen LogP contribution in [0.2, 0.25) is 0 Å². The zero-order chi connectivity index (χ0) is 20.6. The van der Waals surface area contributed by atoms with E-state index in [1.165, 1.54) is 0 Å². The quantitative estimate of drug-likeness (QED) is 0.571. The van der Waals surface area contributed by atoms with Crippen LogP contribution in [0.15, 0.2) is 53.0 Å². The number of ether oxygens (including phenoxy) is 2. The van der Waals surface area contributed by atoms with Crippen molar-refractivity contribution in [3.8, 4) is 5.75 Å². The number of carbonyl (C=O) groups is 1. The van der Waals surface area contributed by atoms with E-state index in [9.17, 15) is 4.79 Å². The van der Waals surface area contributed by atoms with E-state index in [2.05, 4.69) is 46.1 Å². The second-order valence-electron chi connectivity index (χ2n) is 7.57. The Bertz CT molecular complexity index is 804. The van der Waals surface area contributed by atoms with Crippen molar-refractivity contribution in [2.75, 3.05) is 25.0 Å². The molecule has 0 saturated carbocycles. The highest BCUT2D eigenvalue weighted by atomic mass is 79.9. The topological polar surface area (TPSA) is 50.8 Å². The second-order valence-corrected chi connectivity index (χ2v) is 8.48. The number of hydrogen-bond acceptors (Lipinski definition) is 4. The first-order valence-corrected chi connectivity index (χ1v) is 10.9. The number of amides is 1. The van der Waals surface area contributed by atoms with Crippen LogP contribution in [0.4, 0.5) is 5.69 Å². The normalized spacial score (nSPS) is 19.7. The van der Waals surface area contributed by atoms with Gasteiger partial charge in [0.25, 0.3) is 0 Å². The largest absolute Gasteiger partial charge is 0.494 e. The zero-order valence-corrected chi connectivity index (χ0v) is 18.7. The SMILES string of the molecule is CC1CN(Cc2ccccc2NC(=O)CCCOc2cccc(Br)c2)CC(C)O1. The molecule has 5 nitrogen and oxygen atoms in total. The molecule has 156 valence electrons. The molecule has 2 atom stereocenters. The minimum absolute atomic E-state index is 0.0130. The maximum atomic E-state index is 12.4. The fraction of sp³-hybridized carbons (Fsp3) is 0.435. The number of benzene rings is 2. The lowest BCUT2D eigenvalue weighted by molar-refractivity contribution is -0.116. The summed E-state index contributed by atoms with van der Waals surface area (Å²) in [7, 11) is 0. The molecule has 0 spiro atoms. The minimum Gasteiger partial charge on any atom is -0.494 e. The third kappa shape index (κ3) is 7.14. The number of anilines is 1. The average molecular weight is 461 g/mol. The van der Waals surface area contributed by atoms with Gasteiger partial charge in [0.15, 0.2) is 0 Å². The van der Waals surface area contributed by atoms with Gasteiger partial charge in [0, 0.05) is 36.2 Å². The van der Waals surface area contributed by atoms with E-state index in [1.54, 1.807) is 0 Å². The molecule has 1 heterocycles. The number of hydrogen-bond donors (Lipinski definition) is 1. The van der Waals surface area contributed by atoms with Gasteiger partial charge in [-0.05, 0) is 50.1 Å². The maximum absolute atomic E-state index is 12.4. The summed E-state index contributed by atoms with van der Waals surface area (Å²) in [5.74, 6) is 0.818. The van der Waals surface area contributed by atoms with Crippen LogP contribution < -0.4 is 10.1 Å². The van der Waals surface area contributed by atoms with Crippen LogP contribution >= 0.6 is 15.9 Å². The number of nitrogens with zero attached hydrogens (tertiary/aromatic N) is 1. The predicted octanol–water partition coefficient (Wildman–Crippen LogP) is 4.86. The minimum atomic E-state index is 0.0130. The van der Waals surface area contributed by atoms with Crippen molar-refractivity contribution in [1.82, 2.24) is 4.90 Å². The van der Waals surface area contributed by atoms with Gasteiger partial charge >= 0.3 is 0 Å². The van der Waals surface area contributed by atoms with Gasteiger partial charge in [-0.25, -0.2) is 0 Å². The van der Waals surface area contributed by atoms with Gasteiger partial charge in [-0.3, -0.25) is 9.69 Å². The number of para-hydroxylation sites is 1. The smallest absolute Gasteiger partial charge is 0.224 e. The molecule has 1 saturated heterocycles. The number of halogens is 1. The van der Waals surface area contributed by atoms with E-state index < -0.39 is 0 Å². The Balaban J connectivity index is 1.47. The fourth-order valence-electron chi connectivity index (χ4n) is 3.63. The Kier molecular flexibility index (Phi) is 8.09. The summed E-state index contributed by atoms with van der Waals surface area (Å²) >= 11 is 3.43. The van der Waals surface area contributed by atoms with Crippen molar-refractivity contribution >= 4 is 27.5 Å². The summed E-state index contributed by atoms with van der Waals surface area (Å²) in [5.41, 5.74) is 2.02. The maximum Gasteiger partial charge on any atom is 0.224 e. The molecular weight excluding hydrogens is 432 g/mol. The molecule has 29 heavy (non-hydrogen) atoms. The summed E-state index contributed by atoms with van der Waals surface area (Å²) in [6, 6.07) is 15.7. The highest BCUT2D eigenvalue weighted by molar-refractivity contribution is 9.10. The first-order chi connectivity index (χ1) is 14.0. The Labute approximate surface area is 181 Å². The van der Waals surface area contributed by atoms with E-state index in [0.29, 0.717) is 19.4 Å². The average Bonchev–Trinajstić information content (AvgIpc) is 2.66. The molecule has 0 aromatic heterocycles. The Morgan fingerprint density at radius 2 is 1.93 bits per heavy atom. The molecule has 2 aromatic rings. The van der Waals surface area contributed by atoms with Crippen LogP contribution in [0.5, 0.6) is 5.75 Å². The Morgan fingerprint density at radius 1 is 1.17 bits per heavy atom. The second kappa shape index (κ2) is 10.8. The van der Waals surface area contributed by atoms with E-state index in [-0.39, 0.29) is 18.1 Å². The summed E-state index contributed by atoms with van der Waals surface area (Å²) in [4.78, 5) is 14.8. The van der Waals surface area contributed by atoms with Gasteiger partial charge in [-0.2, -0.15) is 0 Å². The number of nitrogens with one attached hydrogen (secondary N) is 1. The number of morpholine rings is 1. The summed E-state index contributed by atoms with van der Waals surface area (Å²) in [6.45, 7) is 7.33. The molecule has 6 heteroatoms. The van der Waals surface area contributed by atoms with E-state index in [1.807, 2.05) is 42.5 Å². The highest BCUT2D eigenvalue weighted by Crippen LogP contribution is 2.21. The molecule has 0 radical (unpaired) electrons. The molecular formula is C23H29BrN2O3. The van der Waals surface area contributed by atoms with Crippen molar-refractivity contribution in [2.45, 2.75) is 45.4 Å². The van der Waals surface area contributed by atoms with Crippen molar-refractivity contribution in [2.24, 2.45) is 0 Å². The van der Waals surface area contributed by atoms with Crippen LogP contribution in [0.25, 0.3) is 0 Å². The molecule has 1 N–H and O–H groups in total. The lowest BCUT2D eigenvalue weighted by atomic mass is 10.1. The first kappa shape index (κ1) is 21.8. The molecule has 1 amide bonds. The molecule has 1 aliphatic heterocycles. The van der Waals surface area contributed by atoms with Crippen LogP contribution in [-0.2, 0) is 16.1 Å². The van der Waals surface area contributed by atoms with Crippen LogP contribution in [0.1, 0.15) is 32.3 Å². The summed E-state index contributed by atoms with van der Waals surface area (Å²) in [6.07, 6.45) is 1.55. The zero-order valence-electron chi connectivity index (χ0n) is 17.1. The third-order valence-electron chi connectivity index (χ3n) is 4.79. The Morgan fingerprint density at radius 3 is 2.69 bits per heavy atom. The molecule has 0 bridgehead atoms. The lowest BCUT2D eigenvalue weighted by Gasteiger charge is -2.35. The van der Waals surface area contributed by atoms with Crippen molar-refractivity contribution < 1.29 is 14.3 Å². The fourth-order valence-corrected chi connectivity index (χ4v) is 4.00. The monoisotopic (exact) mass is 460 g/mol. The van der Waals surface area contributed by atoms with Gasteiger partial charge in [-0.15, -0.1) is 0 Å². The predicted molar refractivity (Wildman–Crippen MR) is 119 cm³/mol. The summed E-state index contributed by atoms with van der Waals surface area (Å²) < 4.78 is 12.5. The van der Waals surface area contributed by atoms with Gasteiger partial charge < -0.3 is 14.8 Å². The lowest BCUT2D eigenvalue weighted by Crippen LogP contribution is -2.44. The molecule has 2 unspecified atom stereocenters. The number of carbonyl (C=O) groups excluding carboxylic acids is 1. The summed E-state index contributed by atoms with van der Waals surface area (Å²) in [5, 5.41) is 3.07. The molecule has 0 aliphatic carbocycles. The highest BCUT2D eigenvalue weighted by Gasteiger charge is 2.22. The number of rotatable bonds is 8. The molecule has 3 rings (SSSR count). The van der Waals surface area contributed by atoms with Gasteiger partial charge in [0.05, 0.1) is 18.8 Å². The molecule has 2 aromatic carbocycles. The van der Waals surface area contributed by atoms with Crippen LogP contribution in [-0.4, -0.2) is 42.7 Å². The first-order valence-electron chi connectivity index (χ1n) is 10.1. The van der Waals surface area contributed by atoms with Crippen molar-refractivity contribution in [3.05, 3.63) is 58.6 Å². The standard InChI is InChI=1S/C23H29BrN2O3/c1-17-14-26(15-18(2)29-17)16-19-7-3-4-10-22(19)25-23(27)11-6-12-28-21-9-5-8-20(24)13-21/h3-5,7-10,13,17-18H,6,11-12,14-16H2,1-2H3,(H,25,27). The van der Waals surface area contributed by atoms with Crippen molar-refractivity contribution in [3.63, 3.8) is 0 Å². The van der Waals surface area contributed by atoms with Gasteiger partial charge in [-0.1, -0.05) is 40.2 Å². The van der Waals surface area contributed by atoms with E-state index in [0.717, 1.165) is 41.1 Å². The molecule has 1 fully saturated rings. The van der Waals surface area contributed by atoms with E-state index in [4.69, 9.17) is 9.47 Å². The molecule has 1 aliphatic rings.